The van der Waals surface area contributed by atoms with E-state index < -0.39 is 8.07 Å². The Bertz CT molecular complexity index is 894. The summed E-state index contributed by atoms with van der Waals surface area (Å²) in [5.74, 6) is 6.58. The number of para-hydroxylation sites is 1. The molecule has 3 aromatic rings. The Morgan fingerprint density at radius 3 is 2.40 bits per heavy atom. The number of hydrogen-bond donors (Lipinski definition) is 0. The minimum Gasteiger partial charge on any atom is -0.361 e. The summed E-state index contributed by atoms with van der Waals surface area (Å²) in [5, 5.41) is 1.20. The number of hydrogen-bond acceptors (Lipinski definition) is 1. The molecule has 0 unspecified atom stereocenters. The van der Waals surface area contributed by atoms with E-state index >= 15 is 0 Å². The smallest absolute Gasteiger partial charge is 0.124 e. The van der Waals surface area contributed by atoms with Crippen LogP contribution in [0.2, 0.25) is 25.7 Å². The van der Waals surface area contributed by atoms with E-state index in [0.29, 0.717) is 6.73 Å². The summed E-state index contributed by atoms with van der Waals surface area (Å²) in [6.07, 6.45) is 0. The lowest BCUT2D eigenvalue weighted by Gasteiger charge is -2.16. The van der Waals surface area contributed by atoms with E-state index in [9.17, 15) is 0 Å². The molecule has 25 heavy (non-hydrogen) atoms. The van der Waals surface area contributed by atoms with Crippen LogP contribution < -0.4 is 0 Å². The molecule has 0 saturated carbocycles. The molecule has 2 aromatic carbocycles. The zero-order valence-corrected chi connectivity index (χ0v) is 16.3. The maximum absolute atomic E-state index is 5.98. The number of benzene rings is 2. The third-order valence-corrected chi connectivity index (χ3v) is 5.84. The summed E-state index contributed by atoms with van der Waals surface area (Å²) in [5.41, 5.74) is 3.20. The average Bonchev–Trinajstić information content (AvgIpc) is 2.95. The number of fused-ring (bicyclic) bond motifs is 1. The summed E-state index contributed by atoms with van der Waals surface area (Å²) >= 11 is 0. The highest BCUT2D eigenvalue weighted by Gasteiger charge is 2.13. The highest BCUT2D eigenvalue weighted by molar-refractivity contribution is 6.76. The molecule has 1 aromatic heterocycles. The van der Waals surface area contributed by atoms with Crippen molar-refractivity contribution in [1.29, 1.82) is 0 Å². The normalized spacial score (nSPS) is 11.3. The van der Waals surface area contributed by atoms with Crippen molar-refractivity contribution >= 4 is 19.0 Å². The zero-order chi connectivity index (χ0) is 17.7. The Morgan fingerprint density at radius 1 is 0.920 bits per heavy atom. The molecule has 0 radical (unpaired) electrons. The van der Waals surface area contributed by atoms with E-state index in [2.05, 4.69) is 66.4 Å². The third kappa shape index (κ3) is 4.85. The summed E-state index contributed by atoms with van der Waals surface area (Å²) < 4.78 is 8.16. The predicted molar refractivity (Wildman–Crippen MR) is 108 cm³/mol. The van der Waals surface area contributed by atoms with Gasteiger partial charge in [-0.3, -0.25) is 0 Å². The van der Waals surface area contributed by atoms with Gasteiger partial charge < -0.3 is 9.30 Å². The standard InChI is InChI=1S/C22H25NOSi/c1-25(2,3)16-15-24-18-23-21(14-13-19-9-5-4-6-10-19)17-20-11-7-8-12-22(20)23/h4-12,17H,15-16,18H2,1-3H3. The van der Waals surface area contributed by atoms with E-state index in [1.165, 1.54) is 16.9 Å². The van der Waals surface area contributed by atoms with Gasteiger partial charge in [-0.25, -0.2) is 0 Å². The fourth-order valence-electron chi connectivity index (χ4n) is 2.64. The van der Waals surface area contributed by atoms with Crippen LogP contribution in [0.1, 0.15) is 11.3 Å². The monoisotopic (exact) mass is 347 g/mol. The molecule has 128 valence electrons. The molecular formula is C22H25NOSi. The Labute approximate surface area is 151 Å². The number of nitrogens with zero attached hydrogens (tertiary/aromatic N) is 1. The van der Waals surface area contributed by atoms with Gasteiger partial charge in [-0.05, 0) is 36.2 Å². The molecule has 0 N–H and O–H groups in total. The molecule has 0 aliphatic rings. The minimum atomic E-state index is -1.07. The molecule has 0 fully saturated rings. The first-order valence-electron chi connectivity index (χ1n) is 8.76. The second-order valence-corrected chi connectivity index (χ2v) is 13.1. The summed E-state index contributed by atoms with van der Waals surface area (Å²) in [4.78, 5) is 0. The van der Waals surface area contributed by atoms with Gasteiger partial charge in [-0.1, -0.05) is 62.0 Å². The fraction of sp³-hybridized carbons (Fsp3) is 0.273. The van der Waals surface area contributed by atoms with Crippen molar-refractivity contribution in [2.45, 2.75) is 32.4 Å². The van der Waals surface area contributed by atoms with Gasteiger partial charge in [0.15, 0.2) is 0 Å². The topological polar surface area (TPSA) is 14.2 Å². The fourth-order valence-corrected chi connectivity index (χ4v) is 3.40. The zero-order valence-electron chi connectivity index (χ0n) is 15.3. The molecule has 0 bridgehead atoms. The Morgan fingerprint density at radius 2 is 1.64 bits per heavy atom. The van der Waals surface area contributed by atoms with Crippen LogP contribution in [-0.2, 0) is 11.5 Å². The Hall–Kier alpha value is -2.28. The maximum atomic E-state index is 5.98. The molecule has 2 nitrogen and oxygen atoms in total. The van der Waals surface area contributed by atoms with Crippen molar-refractivity contribution in [2.24, 2.45) is 0 Å². The van der Waals surface area contributed by atoms with Gasteiger partial charge in [-0.15, -0.1) is 0 Å². The van der Waals surface area contributed by atoms with Gasteiger partial charge in [0.25, 0.3) is 0 Å². The van der Waals surface area contributed by atoms with E-state index in [-0.39, 0.29) is 0 Å². The second-order valence-electron chi connectivity index (χ2n) is 7.48. The van der Waals surface area contributed by atoms with Crippen molar-refractivity contribution < 1.29 is 4.74 Å². The average molecular weight is 348 g/mol. The summed E-state index contributed by atoms with van der Waals surface area (Å²) in [6.45, 7) is 8.49. The highest BCUT2D eigenvalue weighted by atomic mass is 28.3. The quantitative estimate of drug-likeness (QED) is 0.344. The van der Waals surface area contributed by atoms with Crippen LogP contribution in [0.5, 0.6) is 0 Å². The molecule has 0 saturated heterocycles. The van der Waals surface area contributed by atoms with Gasteiger partial charge >= 0.3 is 0 Å². The minimum absolute atomic E-state index is 0.552. The molecule has 0 amide bonds. The molecular weight excluding hydrogens is 322 g/mol. The first-order valence-corrected chi connectivity index (χ1v) is 12.5. The van der Waals surface area contributed by atoms with Crippen LogP contribution in [0.25, 0.3) is 10.9 Å². The lowest BCUT2D eigenvalue weighted by Crippen LogP contribution is -2.22. The van der Waals surface area contributed by atoms with E-state index in [4.69, 9.17) is 4.74 Å². The first-order chi connectivity index (χ1) is 12.0. The molecule has 3 rings (SSSR count). The number of aromatic nitrogens is 1. The number of rotatable bonds is 5. The molecule has 0 aliphatic heterocycles. The van der Waals surface area contributed by atoms with Crippen LogP contribution in [0.3, 0.4) is 0 Å². The Kier molecular flexibility index (Phi) is 5.42. The van der Waals surface area contributed by atoms with E-state index in [1.807, 2.05) is 30.3 Å². The summed E-state index contributed by atoms with van der Waals surface area (Å²) in [6, 6.07) is 21.8. The lowest BCUT2D eigenvalue weighted by molar-refractivity contribution is 0.0897. The lowest BCUT2D eigenvalue weighted by atomic mass is 10.2. The molecule has 0 atom stereocenters. The largest absolute Gasteiger partial charge is 0.361 e. The van der Waals surface area contributed by atoms with Crippen molar-refractivity contribution in [3.8, 4) is 11.8 Å². The summed E-state index contributed by atoms with van der Waals surface area (Å²) in [7, 11) is -1.07. The van der Waals surface area contributed by atoms with E-state index in [1.54, 1.807) is 0 Å². The van der Waals surface area contributed by atoms with Crippen LogP contribution in [-0.4, -0.2) is 19.2 Å². The molecule has 0 aliphatic carbocycles. The van der Waals surface area contributed by atoms with Crippen LogP contribution in [0, 0.1) is 11.8 Å². The second kappa shape index (κ2) is 7.73. The van der Waals surface area contributed by atoms with Gasteiger partial charge in [0.05, 0.1) is 11.2 Å². The van der Waals surface area contributed by atoms with E-state index in [0.717, 1.165) is 17.9 Å². The van der Waals surface area contributed by atoms with Crippen LogP contribution in [0.15, 0.2) is 60.7 Å². The SMILES string of the molecule is C[Si](C)(C)CCOCn1c(C#Cc2ccccc2)cc2ccccc21. The predicted octanol–water partition coefficient (Wildman–Crippen LogP) is 5.35. The molecule has 0 spiro atoms. The Balaban J connectivity index is 1.84. The first kappa shape index (κ1) is 17.5. The molecule has 3 heteroatoms. The van der Waals surface area contributed by atoms with Gasteiger partial charge in [0.2, 0.25) is 0 Å². The maximum Gasteiger partial charge on any atom is 0.124 e. The van der Waals surface area contributed by atoms with Crippen molar-refractivity contribution in [3.05, 3.63) is 71.9 Å². The van der Waals surface area contributed by atoms with Crippen LogP contribution >= 0.6 is 0 Å². The molecule has 1 heterocycles. The van der Waals surface area contributed by atoms with Gasteiger partial charge in [0.1, 0.15) is 6.73 Å². The van der Waals surface area contributed by atoms with Crippen molar-refractivity contribution in [1.82, 2.24) is 4.57 Å². The number of ether oxygens (including phenoxy) is 1. The highest BCUT2D eigenvalue weighted by Crippen LogP contribution is 2.20. The van der Waals surface area contributed by atoms with Crippen molar-refractivity contribution in [3.63, 3.8) is 0 Å². The van der Waals surface area contributed by atoms with Crippen molar-refractivity contribution in [2.75, 3.05) is 6.61 Å². The third-order valence-electron chi connectivity index (χ3n) is 4.14. The van der Waals surface area contributed by atoms with Crippen LogP contribution in [0.4, 0.5) is 0 Å². The van der Waals surface area contributed by atoms with Gasteiger partial charge in [-0.2, -0.15) is 0 Å². The van der Waals surface area contributed by atoms with Gasteiger partial charge in [0, 0.05) is 25.6 Å².